The molecule has 0 aliphatic rings. The summed E-state index contributed by atoms with van der Waals surface area (Å²) in [6, 6.07) is 12.0. The molecule has 2 rings (SSSR count). The van der Waals surface area contributed by atoms with Gasteiger partial charge in [0.15, 0.2) is 0 Å². The number of hydrogen-bond acceptors (Lipinski definition) is 4. The third-order valence-electron chi connectivity index (χ3n) is 3.15. The second-order valence-corrected chi connectivity index (χ2v) is 4.96. The average Bonchev–Trinajstić information content (AvgIpc) is 2.49. The fraction of sp³-hybridized carbons (Fsp3) is 0.133. The standard InChI is InChI=1S/C15H13ClN2O4/c16-12-7-4-8-13(18(21)22)11(12)9-17-14(15(19)20)10-5-2-1-3-6-10/h1-8,14,17H,9H2,(H,19,20)/t14-/m0/s1. The summed E-state index contributed by atoms with van der Waals surface area (Å²) in [5.74, 6) is -1.07. The Hall–Kier alpha value is -2.44. The van der Waals surface area contributed by atoms with E-state index in [2.05, 4.69) is 5.32 Å². The monoisotopic (exact) mass is 320 g/mol. The van der Waals surface area contributed by atoms with Gasteiger partial charge in [0.1, 0.15) is 6.04 Å². The number of rotatable bonds is 6. The van der Waals surface area contributed by atoms with Crippen molar-refractivity contribution in [3.63, 3.8) is 0 Å². The van der Waals surface area contributed by atoms with Gasteiger partial charge in [-0.1, -0.05) is 48.0 Å². The molecule has 0 amide bonds. The number of nitro benzene ring substituents is 1. The normalized spacial score (nSPS) is 11.9. The molecule has 0 radical (unpaired) electrons. The van der Waals surface area contributed by atoms with E-state index < -0.39 is 16.9 Å². The van der Waals surface area contributed by atoms with Crippen LogP contribution in [0, 0.1) is 10.1 Å². The number of aliphatic carboxylic acids is 1. The van der Waals surface area contributed by atoms with E-state index in [-0.39, 0.29) is 22.8 Å². The van der Waals surface area contributed by atoms with Crippen molar-refractivity contribution in [1.82, 2.24) is 5.32 Å². The third kappa shape index (κ3) is 3.60. The van der Waals surface area contributed by atoms with E-state index in [9.17, 15) is 20.0 Å². The quantitative estimate of drug-likeness (QED) is 0.630. The number of benzene rings is 2. The Bertz CT molecular complexity index is 691. The zero-order chi connectivity index (χ0) is 16.1. The third-order valence-corrected chi connectivity index (χ3v) is 3.51. The molecule has 0 spiro atoms. The Balaban J connectivity index is 2.24. The Morgan fingerprint density at radius 3 is 2.50 bits per heavy atom. The summed E-state index contributed by atoms with van der Waals surface area (Å²) in [5, 5.41) is 23.4. The van der Waals surface area contributed by atoms with E-state index in [0.29, 0.717) is 5.56 Å². The summed E-state index contributed by atoms with van der Waals surface area (Å²) in [6.45, 7) is -0.0259. The van der Waals surface area contributed by atoms with E-state index in [4.69, 9.17) is 11.6 Å². The molecular formula is C15H13ClN2O4. The molecule has 0 aliphatic carbocycles. The highest BCUT2D eigenvalue weighted by molar-refractivity contribution is 6.31. The first-order valence-corrected chi connectivity index (χ1v) is 6.81. The maximum absolute atomic E-state index is 11.4. The molecule has 22 heavy (non-hydrogen) atoms. The fourth-order valence-electron chi connectivity index (χ4n) is 2.09. The van der Waals surface area contributed by atoms with Crippen molar-refractivity contribution in [3.05, 3.63) is 74.8 Å². The molecule has 114 valence electrons. The summed E-state index contributed by atoms with van der Waals surface area (Å²) < 4.78 is 0. The van der Waals surface area contributed by atoms with Crippen molar-refractivity contribution in [3.8, 4) is 0 Å². The molecule has 2 N–H and O–H groups in total. The Kier molecular flexibility index (Phi) is 5.08. The summed E-state index contributed by atoms with van der Waals surface area (Å²) in [4.78, 5) is 21.9. The minimum Gasteiger partial charge on any atom is -0.480 e. The van der Waals surface area contributed by atoms with Gasteiger partial charge in [-0.2, -0.15) is 0 Å². The zero-order valence-corrected chi connectivity index (χ0v) is 12.2. The molecule has 0 saturated heterocycles. The van der Waals surface area contributed by atoms with Gasteiger partial charge in [0.05, 0.1) is 15.5 Å². The molecule has 2 aromatic rings. The molecule has 6 nitrogen and oxygen atoms in total. The minimum absolute atomic E-state index is 0.0259. The average molecular weight is 321 g/mol. The van der Waals surface area contributed by atoms with Crippen LogP contribution >= 0.6 is 11.6 Å². The Morgan fingerprint density at radius 2 is 1.91 bits per heavy atom. The number of nitrogens with zero attached hydrogens (tertiary/aromatic N) is 1. The lowest BCUT2D eigenvalue weighted by Crippen LogP contribution is -2.28. The van der Waals surface area contributed by atoms with E-state index in [1.165, 1.54) is 18.2 Å². The first kappa shape index (κ1) is 15.9. The molecule has 1 atom stereocenters. The number of nitro groups is 1. The lowest BCUT2D eigenvalue weighted by Gasteiger charge is -2.15. The van der Waals surface area contributed by atoms with Crippen LogP contribution in [0.15, 0.2) is 48.5 Å². The molecule has 2 aromatic carbocycles. The van der Waals surface area contributed by atoms with Crippen LogP contribution in [0.1, 0.15) is 17.2 Å². The summed E-state index contributed by atoms with van der Waals surface area (Å²) in [7, 11) is 0. The molecule has 7 heteroatoms. The summed E-state index contributed by atoms with van der Waals surface area (Å²) in [6.07, 6.45) is 0. The highest BCUT2D eigenvalue weighted by atomic mass is 35.5. The second-order valence-electron chi connectivity index (χ2n) is 4.56. The maximum Gasteiger partial charge on any atom is 0.325 e. The molecular weight excluding hydrogens is 308 g/mol. The predicted octanol–water partition coefficient (Wildman–Crippen LogP) is 3.16. The molecule has 0 unspecified atom stereocenters. The van der Waals surface area contributed by atoms with Crippen LogP contribution in [-0.2, 0) is 11.3 Å². The van der Waals surface area contributed by atoms with E-state index in [1.54, 1.807) is 30.3 Å². The topological polar surface area (TPSA) is 92.5 Å². The van der Waals surface area contributed by atoms with E-state index in [1.807, 2.05) is 0 Å². The highest BCUT2D eigenvalue weighted by Crippen LogP contribution is 2.27. The van der Waals surface area contributed by atoms with Crippen LogP contribution in [-0.4, -0.2) is 16.0 Å². The lowest BCUT2D eigenvalue weighted by atomic mass is 10.1. The first-order chi connectivity index (χ1) is 10.5. The van der Waals surface area contributed by atoms with Crippen LogP contribution in [0.3, 0.4) is 0 Å². The fourth-order valence-corrected chi connectivity index (χ4v) is 2.33. The van der Waals surface area contributed by atoms with Crippen molar-refractivity contribution in [1.29, 1.82) is 0 Å². The van der Waals surface area contributed by atoms with Gasteiger partial charge in [-0.3, -0.25) is 20.2 Å². The number of carboxylic acid groups (broad SMARTS) is 1. The van der Waals surface area contributed by atoms with Crippen molar-refractivity contribution in [2.24, 2.45) is 0 Å². The molecule has 0 heterocycles. The Labute approximate surface area is 131 Å². The Morgan fingerprint density at radius 1 is 1.23 bits per heavy atom. The van der Waals surface area contributed by atoms with Gasteiger partial charge >= 0.3 is 5.97 Å². The number of carbonyl (C=O) groups is 1. The molecule has 0 aliphatic heterocycles. The van der Waals surface area contributed by atoms with Crippen molar-refractivity contribution < 1.29 is 14.8 Å². The maximum atomic E-state index is 11.4. The minimum atomic E-state index is -1.07. The zero-order valence-electron chi connectivity index (χ0n) is 11.4. The molecule has 0 fully saturated rings. The molecule has 0 bridgehead atoms. The van der Waals surface area contributed by atoms with Crippen molar-refractivity contribution in [2.45, 2.75) is 12.6 Å². The van der Waals surface area contributed by atoms with Gasteiger partial charge in [-0.25, -0.2) is 0 Å². The largest absolute Gasteiger partial charge is 0.480 e. The summed E-state index contributed by atoms with van der Waals surface area (Å²) in [5.41, 5.74) is 0.679. The van der Waals surface area contributed by atoms with Crippen LogP contribution in [0.2, 0.25) is 5.02 Å². The molecule has 0 aromatic heterocycles. The van der Waals surface area contributed by atoms with Gasteiger partial charge in [-0.15, -0.1) is 0 Å². The van der Waals surface area contributed by atoms with Crippen molar-refractivity contribution >= 4 is 23.3 Å². The van der Waals surface area contributed by atoms with Crippen molar-refractivity contribution in [2.75, 3.05) is 0 Å². The van der Waals surface area contributed by atoms with Crippen LogP contribution in [0.4, 0.5) is 5.69 Å². The van der Waals surface area contributed by atoms with Gasteiger partial charge in [0.2, 0.25) is 0 Å². The van der Waals surface area contributed by atoms with Gasteiger partial charge in [-0.05, 0) is 11.6 Å². The second kappa shape index (κ2) is 7.02. The highest BCUT2D eigenvalue weighted by Gasteiger charge is 2.22. The van der Waals surface area contributed by atoms with Gasteiger partial charge in [0, 0.05) is 12.6 Å². The van der Waals surface area contributed by atoms with E-state index in [0.717, 1.165) is 0 Å². The number of carboxylic acids is 1. The van der Waals surface area contributed by atoms with Gasteiger partial charge in [0.25, 0.3) is 5.69 Å². The van der Waals surface area contributed by atoms with Crippen LogP contribution in [0.5, 0.6) is 0 Å². The lowest BCUT2D eigenvalue weighted by molar-refractivity contribution is -0.385. The molecule has 0 saturated carbocycles. The first-order valence-electron chi connectivity index (χ1n) is 6.43. The smallest absolute Gasteiger partial charge is 0.325 e. The van der Waals surface area contributed by atoms with E-state index >= 15 is 0 Å². The number of halogens is 1. The van der Waals surface area contributed by atoms with Crippen LogP contribution < -0.4 is 5.32 Å². The number of nitrogens with one attached hydrogen (secondary N) is 1. The SMILES string of the molecule is O=C(O)[C@@H](NCc1c(Cl)cccc1[N+](=O)[O-])c1ccccc1. The van der Waals surface area contributed by atoms with Crippen LogP contribution in [0.25, 0.3) is 0 Å². The van der Waals surface area contributed by atoms with Gasteiger partial charge < -0.3 is 5.11 Å². The predicted molar refractivity (Wildman–Crippen MR) is 81.8 cm³/mol. The summed E-state index contributed by atoms with van der Waals surface area (Å²) >= 11 is 5.99. The number of hydrogen-bond donors (Lipinski definition) is 2.